The Morgan fingerprint density at radius 3 is 2.56 bits per heavy atom. The number of carbonyl (C=O) groups excluding carboxylic acids is 1. The van der Waals surface area contributed by atoms with E-state index in [9.17, 15) is 4.79 Å². The number of aromatic nitrogens is 3. The third-order valence-electron chi connectivity index (χ3n) is 5.19. The molecule has 0 N–H and O–H groups in total. The van der Waals surface area contributed by atoms with Crippen LogP contribution >= 0.6 is 0 Å². The first kappa shape index (κ1) is 16.1. The third kappa shape index (κ3) is 3.01. The smallest absolute Gasteiger partial charge is 0.223 e. The van der Waals surface area contributed by atoms with Crippen molar-refractivity contribution >= 4 is 17.3 Å². The maximum atomic E-state index is 12.1. The third-order valence-corrected chi connectivity index (χ3v) is 5.19. The van der Waals surface area contributed by atoms with E-state index in [0.29, 0.717) is 18.4 Å². The summed E-state index contributed by atoms with van der Waals surface area (Å²) in [6.45, 7) is 6.19. The minimum atomic E-state index is 0.0934. The van der Waals surface area contributed by atoms with Crippen molar-refractivity contribution in [3.63, 3.8) is 0 Å². The molecule has 6 nitrogen and oxygen atoms in total. The van der Waals surface area contributed by atoms with Gasteiger partial charge in [0, 0.05) is 33.0 Å². The molecule has 1 aromatic heterocycles. The van der Waals surface area contributed by atoms with E-state index in [1.807, 2.05) is 23.1 Å². The molecule has 1 aromatic carbocycles. The molecular formula is C19H25N5O. The van der Waals surface area contributed by atoms with E-state index in [2.05, 4.69) is 39.7 Å². The quantitative estimate of drug-likeness (QED) is 0.863. The molecule has 132 valence electrons. The molecule has 1 amide bonds. The average Bonchev–Trinajstić information content (AvgIpc) is 3.38. The maximum Gasteiger partial charge on any atom is 0.223 e. The summed E-state index contributed by atoms with van der Waals surface area (Å²) in [7, 11) is 2.07. The number of carbonyl (C=O) groups is 1. The molecule has 25 heavy (non-hydrogen) atoms. The van der Waals surface area contributed by atoms with Gasteiger partial charge in [0.1, 0.15) is 5.82 Å². The lowest BCUT2D eigenvalue weighted by Crippen LogP contribution is -2.33. The summed E-state index contributed by atoms with van der Waals surface area (Å²) >= 11 is 0. The molecule has 1 atom stereocenters. The van der Waals surface area contributed by atoms with Gasteiger partial charge in [0.25, 0.3) is 0 Å². The van der Waals surface area contributed by atoms with Crippen LogP contribution in [0.4, 0.5) is 11.4 Å². The minimum Gasteiger partial charge on any atom is -0.362 e. The van der Waals surface area contributed by atoms with Crippen molar-refractivity contribution in [2.24, 2.45) is 13.0 Å². The van der Waals surface area contributed by atoms with Gasteiger partial charge in [-0.2, -0.15) is 0 Å². The average molecular weight is 339 g/mol. The van der Waals surface area contributed by atoms with Gasteiger partial charge in [-0.1, -0.05) is 19.1 Å². The highest BCUT2D eigenvalue weighted by Crippen LogP contribution is 2.39. The highest BCUT2D eigenvalue weighted by molar-refractivity contribution is 5.95. The highest BCUT2D eigenvalue weighted by Gasteiger charge is 2.31. The molecule has 2 aliphatic rings. The van der Waals surface area contributed by atoms with Gasteiger partial charge >= 0.3 is 0 Å². The molecule has 1 aliphatic heterocycles. The standard InChI is InChI=1S/C19H25N5O/c1-13-10-23(12-18-20-21-19(22(18)3)15-8-9-15)16-6-4-5-7-17(16)24(11-13)14(2)25/h4-7,13,15H,8-12H2,1-3H3. The van der Waals surface area contributed by atoms with Crippen LogP contribution in [0.2, 0.25) is 0 Å². The van der Waals surface area contributed by atoms with E-state index in [1.54, 1.807) is 6.92 Å². The first-order valence-corrected chi connectivity index (χ1v) is 9.05. The highest BCUT2D eigenvalue weighted by atomic mass is 16.2. The van der Waals surface area contributed by atoms with Crippen molar-refractivity contribution in [1.29, 1.82) is 0 Å². The zero-order chi connectivity index (χ0) is 17.6. The Bertz CT molecular complexity index is 795. The van der Waals surface area contributed by atoms with Crippen LogP contribution < -0.4 is 9.80 Å². The lowest BCUT2D eigenvalue weighted by Gasteiger charge is -2.26. The Morgan fingerprint density at radius 2 is 1.88 bits per heavy atom. The summed E-state index contributed by atoms with van der Waals surface area (Å²) < 4.78 is 2.15. The SMILES string of the molecule is CC(=O)N1CC(C)CN(Cc2nnc(C3CC3)n2C)c2ccccc21. The number of hydrogen-bond donors (Lipinski definition) is 0. The molecule has 0 radical (unpaired) electrons. The number of anilines is 2. The van der Waals surface area contributed by atoms with Crippen LogP contribution in [0, 0.1) is 5.92 Å². The molecule has 1 aliphatic carbocycles. The van der Waals surface area contributed by atoms with Crippen LogP contribution in [0.3, 0.4) is 0 Å². The fourth-order valence-corrected chi connectivity index (χ4v) is 3.73. The molecule has 4 rings (SSSR count). The topological polar surface area (TPSA) is 54.3 Å². The van der Waals surface area contributed by atoms with Crippen LogP contribution in [0.25, 0.3) is 0 Å². The molecule has 0 saturated heterocycles. The Labute approximate surface area is 148 Å². The van der Waals surface area contributed by atoms with E-state index in [0.717, 1.165) is 36.1 Å². The van der Waals surface area contributed by atoms with Gasteiger partial charge in [-0.25, -0.2) is 0 Å². The number of para-hydroxylation sites is 2. The van der Waals surface area contributed by atoms with Crippen molar-refractivity contribution in [2.75, 3.05) is 22.9 Å². The molecule has 1 saturated carbocycles. The fourth-order valence-electron chi connectivity index (χ4n) is 3.73. The van der Waals surface area contributed by atoms with Crippen LogP contribution in [0.15, 0.2) is 24.3 Å². The minimum absolute atomic E-state index is 0.0934. The van der Waals surface area contributed by atoms with Crippen LogP contribution in [0.1, 0.15) is 44.3 Å². The van der Waals surface area contributed by atoms with E-state index in [4.69, 9.17) is 0 Å². The Hall–Kier alpha value is -2.37. The lowest BCUT2D eigenvalue weighted by molar-refractivity contribution is -0.116. The van der Waals surface area contributed by atoms with Gasteiger partial charge in [-0.15, -0.1) is 10.2 Å². The molecule has 0 bridgehead atoms. The van der Waals surface area contributed by atoms with Gasteiger partial charge in [-0.3, -0.25) is 4.79 Å². The fraction of sp³-hybridized carbons (Fsp3) is 0.526. The molecule has 0 spiro atoms. The predicted molar refractivity (Wildman–Crippen MR) is 97.7 cm³/mol. The van der Waals surface area contributed by atoms with E-state index in [-0.39, 0.29) is 5.91 Å². The Balaban J connectivity index is 1.68. The number of benzene rings is 1. The van der Waals surface area contributed by atoms with Crippen molar-refractivity contribution in [3.05, 3.63) is 35.9 Å². The molecule has 6 heteroatoms. The number of amides is 1. The predicted octanol–water partition coefficient (Wildman–Crippen LogP) is 2.70. The molecule has 2 heterocycles. The van der Waals surface area contributed by atoms with Gasteiger partial charge in [0.05, 0.1) is 17.9 Å². The van der Waals surface area contributed by atoms with E-state index >= 15 is 0 Å². The second-order valence-electron chi connectivity index (χ2n) is 7.41. The molecule has 2 aromatic rings. The zero-order valence-corrected chi connectivity index (χ0v) is 15.1. The number of nitrogens with zero attached hydrogens (tertiary/aromatic N) is 5. The second kappa shape index (κ2) is 6.17. The normalized spacial score (nSPS) is 20.4. The molecular weight excluding hydrogens is 314 g/mol. The van der Waals surface area contributed by atoms with Crippen molar-refractivity contribution < 1.29 is 4.79 Å². The number of fused-ring (bicyclic) bond motifs is 1. The lowest BCUT2D eigenvalue weighted by atomic mass is 10.1. The van der Waals surface area contributed by atoms with Gasteiger partial charge in [0.2, 0.25) is 5.91 Å². The summed E-state index contributed by atoms with van der Waals surface area (Å²) in [6.07, 6.45) is 2.45. The van der Waals surface area contributed by atoms with Crippen molar-refractivity contribution in [1.82, 2.24) is 14.8 Å². The first-order chi connectivity index (χ1) is 12.0. The number of hydrogen-bond acceptors (Lipinski definition) is 4. The van der Waals surface area contributed by atoms with Gasteiger partial charge < -0.3 is 14.4 Å². The van der Waals surface area contributed by atoms with Crippen molar-refractivity contribution in [2.45, 2.75) is 39.2 Å². The second-order valence-corrected chi connectivity index (χ2v) is 7.41. The Morgan fingerprint density at radius 1 is 1.16 bits per heavy atom. The summed E-state index contributed by atoms with van der Waals surface area (Å²) in [4.78, 5) is 16.4. The van der Waals surface area contributed by atoms with Crippen LogP contribution in [-0.2, 0) is 18.4 Å². The number of rotatable bonds is 3. The monoisotopic (exact) mass is 339 g/mol. The van der Waals surface area contributed by atoms with Gasteiger partial charge in [0.15, 0.2) is 5.82 Å². The summed E-state index contributed by atoms with van der Waals surface area (Å²) in [5.74, 6) is 3.16. The van der Waals surface area contributed by atoms with E-state index < -0.39 is 0 Å². The maximum absolute atomic E-state index is 12.1. The first-order valence-electron chi connectivity index (χ1n) is 9.05. The molecule has 1 fully saturated rings. The Kier molecular flexibility index (Phi) is 3.98. The molecule has 1 unspecified atom stereocenters. The van der Waals surface area contributed by atoms with E-state index in [1.165, 1.54) is 12.8 Å². The summed E-state index contributed by atoms with van der Waals surface area (Å²) in [6, 6.07) is 8.17. The van der Waals surface area contributed by atoms with Crippen LogP contribution in [-0.4, -0.2) is 33.8 Å². The van der Waals surface area contributed by atoms with Crippen LogP contribution in [0.5, 0.6) is 0 Å². The largest absolute Gasteiger partial charge is 0.362 e. The summed E-state index contributed by atoms with van der Waals surface area (Å²) in [5, 5.41) is 8.85. The zero-order valence-electron chi connectivity index (χ0n) is 15.1. The summed E-state index contributed by atoms with van der Waals surface area (Å²) in [5.41, 5.74) is 2.09. The van der Waals surface area contributed by atoms with Crippen molar-refractivity contribution in [3.8, 4) is 0 Å². The van der Waals surface area contributed by atoms with Gasteiger partial charge in [-0.05, 0) is 30.9 Å².